The molecule has 2 heterocycles. The number of rotatable bonds is 6. The summed E-state index contributed by atoms with van der Waals surface area (Å²) in [4.78, 5) is 4.67. The lowest BCUT2D eigenvalue weighted by Crippen LogP contribution is -2.12. The highest BCUT2D eigenvalue weighted by Gasteiger charge is 2.21. The van der Waals surface area contributed by atoms with Crippen LogP contribution in [0.3, 0.4) is 0 Å². The molecule has 0 fully saturated rings. The van der Waals surface area contributed by atoms with Crippen molar-refractivity contribution in [2.75, 3.05) is 18.9 Å². The van der Waals surface area contributed by atoms with Gasteiger partial charge in [-0.25, -0.2) is 13.4 Å². The van der Waals surface area contributed by atoms with Gasteiger partial charge < -0.3 is 13.9 Å². The second-order valence-electron chi connectivity index (χ2n) is 5.15. The quantitative estimate of drug-likeness (QED) is 0.650. The summed E-state index contributed by atoms with van der Waals surface area (Å²) in [6.07, 6.45) is 1.55. The van der Waals surface area contributed by atoms with Crippen molar-refractivity contribution in [3.05, 3.63) is 41.4 Å². The highest BCUT2D eigenvalue weighted by molar-refractivity contribution is 7.94. The molecule has 2 aromatic heterocycles. The predicted octanol–water partition coefficient (Wildman–Crippen LogP) is 4.18. The van der Waals surface area contributed by atoms with Gasteiger partial charge >= 0.3 is 0 Å². The largest absolute Gasteiger partial charge is 0.495 e. The van der Waals surface area contributed by atoms with Gasteiger partial charge in [-0.3, -0.25) is 4.72 Å². The van der Waals surface area contributed by atoms with E-state index in [9.17, 15) is 8.42 Å². The van der Waals surface area contributed by atoms with E-state index in [4.69, 9.17) is 25.5 Å². The van der Waals surface area contributed by atoms with E-state index < -0.39 is 10.0 Å². The van der Waals surface area contributed by atoms with Crippen LogP contribution in [-0.4, -0.2) is 27.6 Å². The number of ether oxygens (including phenoxy) is 2. The van der Waals surface area contributed by atoms with Gasteiger partial charge in [-0.1, -0.05) is 11.6 Å². The van der Waals surface area contributed by atoms with Crippen molar-refractivity contribution < 1.29 is 22.3 Å². The first-order chi connectivity index (χ1) is 12.3. The molecule has 0 aliphatic carbocycles. The van der Waals surface area contributed by atoms with Crippen LogP contribution in [0.25, 0.3) is 10.6 Å². The summed E-state index contributed by atoms with van der Waals surface area (Å²) in [6.45, 7) is 1.72. The van der Waals surface area contributed by atoms with Gasteiger partial charge in [-0.15, -0.1) is 11.3 Å². The van der Waals surface area contributed by atoms with Gasteiger partial charge in [0, 0.05) is 13.0 Å². The fourth-order valence-electron chi connectivity index (χ4n) is 2.21. The third-order valence-electron chi connectivity index (χ3n) is 3.43. The molecule has 0 aliphatic heterocycles. The fourth-order valence-corrected chi connectivity index (χ4v) is 4.76. The Bertz CT molecular complexity index is 1040. The first kappa shape index (κ1) is 18.6. The maximum absolute atomic E-state index is 12.7. The Kier molecular flexibility index (Phi) is 5.12. The molecule has 0 unspecified atom stereocenters. The number of benzene rings is 1. The van der Waals surface area contributed by atoms with Crippen molar-refractivity contribution in [1.82, 2.24) is 4.98 Å². The highest BCUT2D eigenvalue weighted by atomic mass is 35.5. The number of halogens is 1. The maximum atomic E-state index is 12.7. The Balaban J connectivity index is 1.92. The molecule has 0 saturated heterocycles. The number of hydrogen-bond acceptors (Lipinski definition) is 7. The highest BCUT2D eigenvalue weighted by Crippen LogP contribution is 2.38. The van der Waals surface area contributed by atoms with Crippen LogP contribution in [0, 0.1) is 6.92 Å². The molecule has 0 amide bonds. The Morgan fingerprint density at radius 1 is 1.19 bits per heavy atom. The van der Waals surface area contributed by atoms with Crippen molar-refractivity contribution in [2.24, 2.45) is 0 Å². The average molecular weight is 415 g/mol. The number of anilines is 1. The monoisotopic (exact) mass is 414 g/mol. The van der Waals surface area contributed by atoms with Crippen LogP contribution in [0.5, 0.6) is 11.5 Å². The minimum atomic E-state index is -3.84. The number of thiophene rings is 1. The summed E-state index contributed by atoms with van der Waals surface area (Å²) in [5.74, 6) is 1.69. The third kappa shape index (κ3) is 3.64. The van der Waals surface area contributed by atoms with Crippen LogP contribution < -0.4 is 14.2 Å². The molecular weight excluding hydrogens is 400 g/mol. The third-order valence-corrected chi connectivity index (χ3v) is 6.68. The number of methoxy groups -OCH3 is 2. The molecule has 0 bridgehead atoms. The van der Waals surface area contributed by atoms with Gasteiger partial charge in [-0.2, -0.15) is 0 Å². The van der Waals surface area contributed by atoms with E-state index in [0.717, 1.165) is 11.3 Å². The lowest BCUT2D eigenvalue weighted by molar-refractivity contribution is 0.396. The summed E-state index contributed by atoms with van der Waals surface area (Å²) >= 11 is 7.16. The number of aromatic nitrogens is 1. The van der Waals surface area contributed by atoms with E-state index in [1.165, 1.54) is 32.4 Å². The number of hydrogen-bond donors (Lipinski definition) is 1. The Morgan fingerprint density at radius 2 is 1.92 bits per heavy atom. The van der Waals surface area contributed by atoms with E-state index in [2.05, 4.69) is 9.71 Å². The van der Waals surface area contributed by atoms with Crippen molar-refractivity contribution in [1.29, 1.82) is 0 Å². The van der Waals surface area contributed by atoms with Crippen molar-refractivity contribution in [3.63, 3.8) is 0 Å². The standard InChI is InChI=1S/C16H15ClN2O5S2/c1-9-18-8-14(24-9)15-4-5-16(25-15)26(20,21)19-11-6-10(17)12(22-2)7-13(11)23-3/h4-8,19H,1-3H3. The van der Waals surface area contributed by atoms with Crippen LogP contribution in [0.1, 0.15) is 5.89 Å². The summed E-state index contributed by atoms with van der Waals surface area (Å²) < 4.78 is 43.8. The number of sulfonamides is 1. The molecular formula is C16H15ClN2O5S2. The van der Waals surface area contributed by atoms with Gasteiger partial charge in [0.15, 0.2) is 11.7 Å². The van der Waals surface area contributed by atoms with Gasteiger partial charge in [0.2, 0.25) is 0 Å². The number of oxazole rings is 1. The molecule has 3 aromatic rings. The molecule has 0 atom stereocenters. The first-order valence-corrected chi connectivity index (χ1v) is 9.99. The molecule has 138 valence electrons. The first-order valence-electron chi connectivity index (χ1n) is 7.31. The summed E-state index contributed by atoms with van der Waals surface area (Å²) in [5.41, 5.74) is 0.212. The van der Waals surface area contributed by atoms with Gasteiger partial charge in [0.1, 0.15) is 15.7 Å². The van der Waals surface area contributed by atoms with Gasteiger partial charge in [0.25, 0.3) is 10.0 Å². The SMILES string of the molecule is COc1cc(OC)c(NS(=O)(=O)c2ccc(-c3cnc(C)o3)s2)cc1Cl. The summed E-state index contributed by atoms with van der Waals surface area (Å²) in [7, 11) is -0.948. The zero-order chi connectivity index (χ0) is 18.9. The van der Waals surface area contributed by atoms with E-state index in [0.29, 0.717) is 22.3 Å². The maximum Gasteiger partial charge on any atom is 0.271 e. The predicted molar refractivity (Wildman–Crippen MR) is 99.9 cm³/mol. The molecule has 26 heavy (non-hydrogen) atoms. The van der Waals surface area contributed by atoms with Crippen LogP contribution >= 0.6 is 22.9 Å². The molecule has 0 saturated carbocycles. The molecule has 1 N–H and O–H groups in total. The molecule has 3 rings (SSSR count). The second-order valence-corrected chi connectivity index (χ2v) is 8.55. The van der Waals surface area contributed by atoms with E-state index in [1.54, 1.807) is 19.2 Å². The molecule has 0 radical (unpaired) electrons. The van der Waals surface area contributed by atoms with E-state index in [-0.39, 0.29) is 20.7 Å². The Labute approximate surface area is 159 Å². The van der Waals surface area contributed by atoms with E-state index >= 15 is 0 Å². The minimum absolute atomic E-state index is 0.121. The fraction of sp³-hybridized carbons (Fsp3) is 0.188. The summed E-state index contributed by atoms with van der Waals surface area (Å²) in [6, 6.07) is 6.11. The van der Waals surface area contributed by atoms with Crippen molar-refractivity contribution >= 4 is 38.6 Å². The average Bonchev–Trinajstić information content (AvgIpc) is 3.24. The number of aryl methyl sites for hydroxylation is 1. The molecule has 0 spiro atoms. The zero-order valence-electron chi connectivity index (χ0n) is 14.1. The zero-order valence-corrected chi connectivity index (χ0v) is 16.5. The van der Waals surface area contributed by atoms with Crippen LogP contribution in [0.2, 0.25) is 5.02 Å². The van der Waals surface area contributed by atoms with Crippen LogP contribution in [0.15, 0.2) is 39.1 Å². The van der Waals surface area contributed by atoms with Gasteiger partial charge in [-0.05, 0) is 18.2 Å². The number of nitrogens with zero attached hydrogens (tertiary/aromatic N) is 1. The Hall–Kier alpha value is -2.23. The minimum Gasteiger partial charge on any atom is -0.495 e. The lowest BCUT2D eigenvalue weighted by atomic mass is 10.3. The smallest absolute Gasteiger partial charge is 0.271 e. The molecule has 0 aliphatic rings. The van der Waals surface area contributed by atoms with Crippen LogP contribution in [-0.2, 0) is 10.0 Å². The Morgan fingerprint density at radius 3 is 2.54 bits per heavy atom. The van der Waals surface area contributed by atoms with Crippen molar-refractivity contribution in [2.45, 2.75) is 11.1 Å². The second kappa shape index (κ2) is 7.18. The topological polar surface area (TPSA) is 90.7 Å². The number of nitrogens with one attached hydrogen (secondary N) is 1. The molecule has 7 nitrogen and oxygen atoms in total. The molecule has 1 aromatic carbocycles. The van der Waals surface area contributed by atoms with Gasteiger partial charge in [0.05, 0.1) is 36.0 Å². The van der Waals surface area contributed by atoms with Crippen molar-refractivity contribution in [3.8, 4) is 22.1 Å². The normalized spacial score (nSPS) is 11.4. The van der Waals surface area contributed by atoms with E-state index in [1.807, 2.05) is 0 Å². The summed E-state index contributed by atoms with van der Waals surface area (Å²) in [5, 5.41) is 0.259. The molecule has 10 heteroatoms. The lowest BCUT2D eigenvalue weighted by Gasteiger charge is -2.13. The van der Waals surface area contributed by atoms with Crippen LogP contribution in [0.4, 0.5) is 5.69 Å².